The third-order valence-corrected chi connectivity index (χ3v) is 5.93. The summed E-state index contributed by atoms with van der Waals surface area (Å²) in [5, 5.41) is 0. The fourth-order valence-corrected chi connectivity index (χ4v) is 4.43. The second-order valence-corrected chi connectivity index (χ2v) is 7.69. The van der Waals surface area contributed by atoms with Gasteiger partial charge in [0.1, 0.15) is 0 Å². The predicted octanol–water partition coefficient (Wildman–Crippen LogP) is 2.67. The van der Waals surface area contributed by atoms with E-state index in [1.165, 1.54) is 0 Å². The van der Waals surface area contributed by atoms with Crippen molar-refractivity contribution in [3.05, 3.63) is 35.9 Å². The molecule has 26 heavy (non-hydrogen) atoms. The van der Waals surface area contributed by atoms with Crippen LogP contribution in [0.5, 0.6) is 0 Å². The van der Waals surface area contributed by atoms with E-state index in [-0.39, 0.29) is 23.1 Å². The first-order chi connectivity index (χ1) is 12.5. The maximum absolute atomic E-state index is 12.7. The first kappa shape index (κ1) is 18.9. The van der Waals surface area contributed by atoms with E-state index in [1.807, 2.05) is 42.0 Å². The maximum atomic E-state index is 12.7. The second-order valence-electron chi connectivity index (χ2n) is 7.69. The molecule has 1 spiro atoms. The lowest BCUT2D eigenvalue weighted by Crippen LogP contribution is -2.53. The standard InChI is InChI=1S/C21H30N2O3/c1-3-26-14-9-19(24)23-12-10-21(11-13-23)15-18(20(25)22(2)16-21)17-7-5-4-6-8-17/h4-8,18H,3,9-16H2,1-2H3. The number of nitrogens with zero attached hydrogens (tertiary/aromatic N) is 2. The normalized spacial score (nSPS) is 22.7. The average Bonchev–Trinajstić information content (AvgIpc) is 2.66. The van der Waals surface area contributed by atoms with E-state index in [0.717, 1.165) is 44.5 Å². The fraction of sp³-hybridized carbons (Fsp3) is 0.619. The smallest absolute Gasteiger partial charge is 0.229 e. The molecule has 2 saturated heterocycles. The molecule has 5 heteroatoms. The van der Waals surface area contributed by atoms with Crippen LogP contribution in [0, 0.1) is 5.41 Å². The molecule has 2 amide bonds. The first-order valence-corrected chi connectivity index (χ1v) is 9.70. The minimum atomic E-state index is -0.0600. The summed E-state index contributed by atoms with van der Waals surface area (Å²) in [5.41, 5.74) is 1.23. The van der Waals surface area contributed by atoms with Crippen molar-refractivity contribution < 1.29 is 14.3 Å². The highest BCUT2D eigenvalue weighted by Crippen LogP contribution is 2.45. The van der Waals surface area contributed by atoms with Crippen LogP contribution in [0.4, 0.5) is 0 Å². The van der Waals surface area contributed by atoms with Gasteiger partial charge in [0.2, 0.25) is 11.8 Å². The Morgan fingerprint density at radius 1 is 1.23 bits per heavy atom. The van der Waals surface area contributed by atoms with E-state index in [1.54, 1.807) is 0 Å². The zero-order chi connectivity index (χ0) is 18.6. The number of benzene rings is 1. The van der Waals surface area contributed by atoms with Crippen LogP contribution in [0.2, 0.25) is 0 Å². The van der Waals surface area contributed by atoms with Gasteiger partial charge in [0.25, 0.3) is 0 Å². The summed E-state index contributed by atoms with van der Waals surface area (Å²) in [4.78, 5) is 28.9. The Kier molecular flexibility index (Phi) is 5.97. The van der Waals surface area contributed by atoms with Crippen LogP contribution >= 0.6 is 0 Å². The maximum Gasteiger partial charge on any atom is 0.229 e. The molecule has 2 aliphatic heterocycles. The van der Waals surface area contributed by atoms with Crippen molar-refractivity contribution in [3.8, 4) is 0 Å². The summed E-state index contributed by atoms with van der Waals surface area (Å²) < 4.78 is 5.30. The van der Waals surface area contributed by atoms with Crippen molar-refractivity contribution in [1.29, 1.82) is 0 Å². The molecule has 142 valence electrons. The van der Waals surface area contributed by atoms with E-state index in [2.05, 4.69) is 12.1 Å². The zero-order valence-corrected chi connectivity index (χ0v) is 15.9. The SMILES string of the molecule is CCOCCC(=O)N1CCC2(CC1)CC(c1ccccc1)C(=O)N(C)C2. The summed E-state index contributed by atoms with van der Waals surface area (Å²) in [6.45, 7) is 5.47. The van der Waals surface area contributed by atoms with Gasteiger partial charge in [-0.15, -0.1) is 0 Å². The van der Waals surface area contributed by atoms with Crippen LogP contribution in [-0.2, 0) is 14.3 Å². The van der Waals surface area contributed by atoms with Crippen LogP contribution in [-0.4, -0.2) is 61.5 Å². The van der Waals surface area contributed by atoms with Crippen molar-refractivity contribution >= 4 is 11.8 Å². The Bertz CT molecular complexity index is 623. The number of carbonyl (C=O) groups excluding carboxylic acids is 2. The molecule has 0 N–H and O–H groups in total. The van der Waals surface area contributed by atoms with E-state index in [4.69, 9.17) is 4.74 Å². The molecule has 0 saturated carbocycles. The quantitative estimate of drug-likeness (QED) is 0.761. The molecule has 5 nitrogen and oxygen atoms in total. The Morgan fingerprint density at radius 2 is 1.92 bits per heavy atom. The number of piperidine rings is 2. The number of hydrogen-bond acceptors (Lipinski definition) is 3. The number of likely N-dealkylation sites (tertiary alicyclic amines) is 2. The van der Waals surface area contributed by atoms with E-state index in [0.29, 0.717) is 19.6 Å². The number of carbonyl (C=O) groups is 2. The molecule has 2 fully saturated rings. The summed E-state index contributed by atoms with van der Waals surface area (Å²) in [5.74, 6) is 0.348. The minimum absolute atomic E-state index is 0.0600. The Hall–Kier alpha value is -1.88. The molecule has 1 aromatic rings. The lowest BCUT2D eigenvalue weighted by Gasteiger charge is -2.49. The molecule has 0 aliphatic carbocycles. The Morgan fingerprint density at radius 3 is 2.58 bits per heavy atom. The molecule has 1 unspecified atom stereocenters. The number of likely N-dealkylation sites (N-methyl/N-ethyl adjacent to an activating group) is 1. The fourth-order valence-electron chi connectivity index (χ4n) is 4.43. The highest BCUT2D eigenvalue weighted by molar-refractivity contribution is 5.84. The predicted molar refractivity (Wildman–Crippen MR) is 101 cm³/mol. The third kappa shape index (κ3) is 4.09. The lowest BCUT2D eigenvalue weighted by molar-refractivity contribution is -0.143. The Balaban J connectivity index is 1.64. The topological polar surface area (TPSA) is 49.9 Å². The summed E-state index contributed by atoms with van der Waals surface area (Å²) >= 11 is 0. The molecule has 3 rings (SSSR count). The lowest BCUT2D eigenvalue weighted by atomic mass is 9.67. The van der Waals surface area contributed by atoms with Gasteiger partial charge in [-0.1, -0.05) is 30.3 Å². The summed E-state index contributed by atoms with van der Waals surface area (Å²) in [6.07, 6.45) is 3.29. The van der Waals surface area contributed by atoms with Crippen LogP contribution < -0.4 is 0 Å². The largest absolute Gasteiger partial charge is 0.381 e. The molecule has 1 aromatic carbocycles. The monoisotopic (exact) mass is 358 g/mol. The van der Waals surface area contributed by atoms with Gasteiger partial charge >= 0.3 is 0 Å². The van der Waals surface area contributed by atoms with E-state index < -0.39 is 0 Å². The van der Waals surface area contributed by atoms with E-state index in [9.17, 15) is 9.59 Å². The molecule has 1 atom stereocenters. The van der Waals surface area contributed by atoms with Crippen molar-refractivity contribution in [2.45, 2.75) is 38.5 Å². The van der Waals surface area contributed by atoms with Crippen LogP contribution in [0.3, 0.4) is 0 Å². The van der Waals surface area contributed by atoms with Gasteiger partial charge in [0.15, 0.2) is 0 Å². The second kappa shape index (κ2) is 8.21. The van der Waals surface area contributed by atoms with Crippen LogP contribution in [0.1, 0.15) is 44.1 Å². The first-order valence-electron chi connectivity index (χ1n) is 9.70. The van der Waals surface area contributed by atoms with Crippen LogP contribution in [0.15, 0.2) is 30.3 Å². The molecular formula is C21H30N2O3. The van der Waals surface area contributed by atoms with Crippen molar-refractivity contribution in [3.63, 3.8) is 0 Å². The molecule has 2 aliphatic rings. The number of rotatable bonds is 5. The zero-order valence-electron chi connectivity index (χ0n) is 15.9. The van der Waals surface area contributed by atoms with Gasteiger partial charge in [-0.2, -0.15) is 0 Å². The van der Waals surface area contributed by atoms with Gasteiger partial charge in [0.05, 0.1) is 18.9 Å². The van der Waals surface area contributed by atoms with Crippen LogP contribution in [0.25, 0.3) is 0 Å². The van der Waals surface area contributed by atoms with Gasteiger partial charge in [-0.05, 0) is 37.2 Å². The highest BCUT2D eigenvalue weighted by atomic mass is 16.5. The van der Waals surface area contributed by atoms with Crippen molar-refractivity contribution in [2.24, 2.45) is 5.41 Å². The molecule has 0 bridgehead atoms. The average molecular weight is 358 g/mol. The Labute approximate surface area is 156 Å². The molecule has 2 heterocycles. The van der Waals surface area contributed by atoms with Gasteiger partial charge in [-0.3, -0.25) is 9.59 Å². The minimum Gasteiger partial charge on any atom is -0.381 e. The number of amides is 2. The molecular weight excluding hydrogens is 328 g/mol. The van der Waals surface area contributed by atoms with Crippen molar-refractivity contribution in [2.75, 3.05) is 39.9 Å². The summed E-state index contributed by atoms with van der Waals surface area (Å²) in [7, 11) is 1.92. The summed E-state index contributed by atoms with van der Waals surface area (Å²) in [6, 6.07) is 10.1. The van der Waals surface area contributed by atoms with E-state index >= 15 is 0 Å². The highest BCUT2D eigenvalue weighted by Gasteiger charge is 2.45. The van der Waals surface area contributed by atoms with Crippen molar-refractivity contribution in [1.82, 2.24) is 9.80 Å². The van der Waals surface area contributed by atoms with Gasteiger partial charge in [-0.25, -0.2) is 0 Å². The van der Waals surface area contributed by atoms with Gasteiger partial charge in [0, 0.05) is 33.3 Å². The third-order valence-electron chi connectivity index (χ3n) is 5.93. The number of hydrogen-bond donors (Lipinski definition) is 0. The molecule has 0 radical (unpaired) electrons. The van der Waals surface area contributed by atoms with Gasteiger partial charge < -0.3 is 14.5 Å². The number of ether oxygens (including phenoxy) is 1. The molecule has 0 aromatic heterocycles.